The molecule has 12 heteroatoms. The van der Waals surface area contributed by atoms with Crippen molar-refractivity contribution in [1.29, 1.82) is 4.78 Å². The van der Waals surface area contributed by atoms with Crippen molar-refractivity contribution in [2.75, 3.05) is 36.6 Å². The third-order valence-electron chi connectivity index (χ3n) is 5.36. The molecule has 0 atom stereocenters. The van der Waals surface area contributed by atoms with Crippen LogP contribution in [0.5, 0.6) is 5.75 Å². The zero-order valence-electron chi connectivity index (χ0n) is 18.2. The van der Waals surface area contributed by atoms with Crippen molar-refractivity contribution in [2.24, 2.45) is 0 Å². The van der Waals surface area contributed by atoms with E-state index in [9.17, 15) is 13.6 Å². The van der Waals surface area contributed by atoms with Crippen molar-refractivity contribution < 1.29 is 27.1 Å². The highest BCUT2D eigenvalue weighted by molar-refractivity contribution is 7.86. The number of urea groups is 1. The van der Waals surface area contributed by atoms with Gasteiger partial charge in [-0.15, -0.1) is 20.9 Å². The highest BCUT2D eigenvalue weighted by atomic mass is 32.2. The van der Waals surface area contributed by atoms with Crippen LogP contribution < -0.4 is 9.64 Å². The Bertz CT molecular complexity index is 1180. The second kappa shape index (κ2) is 10.2. The monoisotopic (exact) mass is 493 g/mol. The molecule has 1 aliphatic rings. The molecule has 1 aliphatic heterocycles. The molecule has 34 heavy (non-hydrogen) atoms. The average Bonchev–Trinajstić information content (AvgIpc) is 3.34. The van der Waals surface area contributed by atoms with Gasteiger partial charge in [0.05, 0.1) is 13.7 Å². The molecule has 3 aromatic rings. The summed E-state index contributed by atoms with van der Waals surface area (Å²) >= 11 is 0. The fraction of sp³-hybridized carbons (Fsp3) is 0.318. The summed E-state index contributed by atoms with van der Waals surface area (Å²) in [6.45, 7) is 0.860. The first-order valence-electron chi connectivity index (χ1n) is 10.3. The van der Waals surface area contributed by atoms with Crippen LogP contribution >= 0.6 is 0 Å². The third kappa shape index (κ3) is 5.22. The molecule has 0 radical (unpaired) electrons. The summed E-state index contributed by atoms with van der Waals surface area (Å²) in [5, 5.41) is 6.79. The Balaban J connectivity index is 1.61. The lowest BCUT2D eigenvalue weighted by Gasteiger charge is -2.33. The molecular formula is C22H22F3N5O3S. The predicted molar refractivity (Wildman–Crippen MR) is 121 cm³/mol. The molecule has 8 nitrogen and oxygen atoms in total. The fourth-order valence-electron chi connectivity index (χ4n) is 3.47. The van der Waals surface area contributed by atoms with Crippen LogP contribution in [-0.2, 0) is 17.2 Å². The number of nitrogens with zero attached hydrogens (tertiary/aromatic N) is 4. The molecule has 1 fully saturated rings. The van der Waals surface area contributed by atoms with Crippen molar-refractivity contribution in [3.8, 4) is 17.2 Å². The number of halogens is 3. The second-order valence-electron chi connectivity index (χ2n) is 7.51. The first-order chi connectivity index (χ1) is 16.4. The van der Waals surface area contributed by atoms with Crippen molar-refractivity contribution >= 4 is 22.4 Å². The Morgan fingerprint density at radius 1 is 1.21 bits per heavy atom. The number of ether oxygens (including phenoxy) is 1. The summed E-state index contributed by atoms with van der Waals surface area (Å²) in [5.41, 5.74) is 0.934. The topological polar surface area (TPSA) is 95.6 Å². The highest BCUT2D eigenvalue weighted by Crippen LogP contribution is 2.27. The molecule has 0 bridgehead atoms. The van der Waals surface area contributed by atoms with Crippen LogP contribution in [0.1, 0.15) is 17.9 Å². The molecule has 0 spiro atoms. The number of rotatable bonds is 6. The minimum atomic E-state index is -2.92. The van der Waals surface area contributed by atoms with Crippen LogP contribution in [0.3, 0.4) is 0 Å². The first kappa shape index (κ1) is 23.7. The van der Waals surface area contributed by atoms with Gasteiger partial charge in [-0.1, -0.05) is 6.07 Å². The Hall–Kier alpha value is -3.41. The van der Waals surface area contributed by atoms with Crippen molar-refractivity contribution in [2.45, 2.75) is 13.0 Å². The van der Waals surface area contributed by atoms with Crippen molar-refractivity contribution in [3.63, 3.8) is 0 Å². The number of aromatic nitrogens is 2. The predicted octanol–water partition coefficient (Wildman–Crippen LogP) is 4.64. The van der Waals surface area contributed by atoms with E-state index >= 15 is 4.39 Å². The molecule has 1 aromatic heterocycles. The van der Waals surface area contributed by atoms with Gasteiger partial charge in [0.2, 0.25) is 5.89 Å². The van der Waals surface area contributed by atoms with E-state index in [-0.39, 0.29) is 29.6 Å². The second-order valence-corrected chi connectivity index (χ2v) is 9.31. The van der Waals surface area contributed by atoms with Gasteiger partial charge < -0.3 is 14.1 Å². The SMILES string of the molecule is COc1ccc(N(Cc2ccc(-c3nnc(C(F)F)o3)cc2F)C(=O)N2CCS(=N)CC2)cc1. The molecule has 180 valence electrons. The maximum Gasteiger partial charge on any atom is 0.324 e. The van der Waals surface area contributed by atoms with Gasteiger partial charge in [-0.25, -0.2) is 9.18 Å². The summed E-state index contributed by atoms with van der Waals surface area (Å²) in [6, 6.07) is 10.6. The summed E-state index contributed by atoms with van der Waals surface area (Å²) in [5.74, 6) is 0.125. The Morgan fingerprint density at radius 3 is 2.50 bits per heavy atom. The Labute approximate surface area is 196 Å². The Morgan fingerprint density at radius 2 is 1.91 bits per heavy atom. The van der Waals surface area contributed by atoms with Crippen molar-refractivity contribution in [1.82, 2.24) is 15.1 Å². The third-order valence-corrected chi connectivity index (χ3v) is 6.71. The average molecular weight is 494 g/mol. The van der Waals surface area contributed by atoms with E-state index in [1.807, 2.05) is 0 Å². The molecular weight excluding hydrogens is 471 g/mol. The lowest BCUT2D eigenvalue weighted by atomic mass is 10.1. The van der Waals surface area contributed by atoms with E-state index in [1.165, 1.54) is 24.1 Å². The fourth-order valence-corrected chi connectivity index (χ4v) is 4.55. The number of hydrogen-bond donors (Lipinski definition) is 1. The van der Waals surface area contributed by atoms with Gasteiger partial charge in [0.25, 0.3) is 5.89 Å². The molecule has 4 rings (SSSR count). The van der Waals surface area contributed by atoms with Gasteiger partial charge >= 0.3 is 12.5 Å². The Kier molecular flexibility index (Phi) is 7.15. The van der Waals surface area contributed by atoms with Gasteiger partial charge in [-0.05, 0) is 36.4 Å². The van der Waals surface area contributed by atoms with Crippen LogP contribution in [0.2, 0.25) is 0 Å². The van der Waals surface area contributed by atoms with Gasteiger partial charge in [0.1, 0.15) is 11.6 Å². The zero-order chi connectivity index (χ0) is 24.2. The van der Waals surface area contributed by atoms with Gasteiger partial charge in [-0.2, -0.15) is 8.78 Å². The number of hydrogen-bond acceptors (Lipinski definition) is 6. The summed E-state index contributed by atoms with van der Waals surface area (Å²) in [4.78, 5) is 16.5. The maximum atomic E-state index is 15.0. The van der Waals surface area contributed by atoms with Gasteiger partial charge in [-0.3, -0.25) is 9.68 Å². The van der Waals surface area contributed by atoms with Crippen LogP contribution in [0.15, 0.2) is 46.9 Å². The normalized spacial score (nSPS) is 14.4. The first-order valence-corrected chi connectivity index (χ1v) is 11.9. The van der Waals surface area contributed by atoms with Crippen LogP contribution in [0.4, 0.5) is 23.7 Å². The van der Waals surface area contributed by atoms with E-state index in [4.69, 9.17) is 13.9 Å². The maximum absolute atomic E-state index is 15.0. The number of benzene rings is 2. The van der Waals surface area contributed by atoms with E-state index in [2.05, 4.69) is 10.2 Å². The smallest absolute Gasteiger partial charge is 0.324 e. The number of methoxy groups -OCH3 is 1. The summed E-state index contributed by atoms with van der Waals surface area (Å²) in [7, 11) is 1.08. The van der Waals surface area contributed by atoms with Crippen LogP contribution in [0, 0.1) is 10.6 Å². The zero-order valence-corrected chi connectivity index (χ0v) is 19.0. The van der Waals surface area contributed by atoms with Crippen molar-refractivity contribution in [3.05, 3.63) is 59.7 Å². The number of anilines is 1. The van der Waals surface area contributed by atoms with E-state index in [0.717, 1.165) is 6.07 Å². The highest BCUT2D eigenvalue weighted by Gasteiger charge is 2.26. The molecule has 1 N–H and O–H groups in total. The minimum Gasteiger partial charge on any atom is -0.497 e. The number of amides is 2. The van der Waals surface area contributed by atoms with Crippen LogP contribution in [-0.4, -0.2) is 52.8 Å². The molecule has 2 aromatic carbocycles. The molecule has 2 amide bonds. The molecule has 0 saturated carbocycles. The summed E-state index contributed by atoms with van der Waals surface area (Å²) in [6.07, 6.45) is -2.92. The summed E-state index contributed by atoms with van der Waals surface area (Å²) < 4.78 is 58.4. The number of nitrogens with one attached hydrogen (secondary N) is 1. The standard InChI is InChI=1S/C22H22F3N5O3S/c1-32-17-6-4-16(5-7-17)30(22(31)29-8-10-34(26)11-9-29)13-15-3-2-14(12-18(15)23)20-27-28-21(33-20)19(24)25/h2-7,12,19,26H,8-11,13H2,1H3. The molecule has 2 heterocycles. The van der Waals surface area contributed by atoms with Crippen LogP contribution in [0.25, 0.3) is 11.5 Å². The largest absolute Gasteiger partial charge is 0.497 e. The van der Waals surface area contributed by atoms with E-state index < -0.39 is 28.8 Å². The molecule has 1 saturated heterocycles. The number of alkyl halides is 2. The lowest BCUT2D eigenvalue weighted by Crippen LogP contribution is -2.48. The van der Waals surface area contributed by atoms with E-state index in [0.29, 0.717) is 36.0 Å². The number of carbonyl (C=O) groups excluding carboxylic acids is 1. The molecule has 0 unspecified atom stereocenters. The van der Waals surface area contributed by atoms with Gasteiger partial charge in [0.15, 0.2) is 0 Å². The number of carbonyl (C=O) groups is 1. The van der Waals surface area contributed by atoms with E-state index in [1.54, 1.807) is 29.2 Å². The van der Waals surface area contributed by atoms with Gasteiger partial charge in [0, 0.05) is 41.4 Å². The quantitative estimate of drug-likeness (QED) is 0.540. The lowest BCUT2D eigenvalue weighted by molar-refractivity contribution is 0.116. The minimum absolute atomic E-state index is 0.0630. The molecule has 0 aliphatic carbocycles.